The second kappa shape index (κ2) is 8.51. The Hall–Kier alpha value is -3.43. The molecule has 0 aliphatic rings. The molecular formula is C21H16ClN3O3. The van der Waals surface area contributed by atoms with Crippen LogP contribution in [0.4, 0.5) is 0 Å². The number of allylic oxidation sites excluding steroid dienone is 1. The molecule has 0 fully saturated rings. The van der Waals surface area contributed by atoms with E-state index in [1.54, 1.807) is 42.5 Å². The normalized spacial score (nSPS) is 12.0. The van der Waals surface area contributed by atoms with Crippen molar-refractivity contribution in [1.82, 2.24) is 9.97 Å². The van der Waals surface area contributed by atoms with E-state index in [0.29, 0.717) is 22.5 Å². The highest BCUT2D eigenvalue weighted by Crippen LogP contribution is 2.19. The Morgan fingerprint density at radius 3 is 2.75 bits per heavy atom. The second-order valence-electron chi connectivity index (χ2n) is 5.91. The molecule has 0 spiro atoms. The van der Waals surface area contributed by atoms with Crippen LogP contribution in [-0.2, 0) is 4.79 Å². The van der Waals surface area contributed by atoms with Crippen molar-refractivity contribution in [2.75, 3.05) is 6.61 Å². The quantitative estimate of drug-likeness (QED) is 0.641. The summed E-state index contributed by atoms with van der Waals surface area (Å²) in [5, 5.41) is 10.2. The number of aromatic nitrogens is 2. The molecule has 1 aromatic heterocycles. The van der Waals surface area contributed by atoms with Gasteiger partial charge in [0, 0.05) is 5.02 Å². The van der Waals surface area contributed by atoms with Gasteiger partial charge in [0.05, 0.1) is 23.6 Å². The molecule has 0 aliphatic heterocycles. The van der Waals surface area contributed by atoms with E-state index in [2.05, 4.69) is 9.97 Å². The summed E-state index contributed by atoms with van der Waals surface area (Å²) in [4.78, 5) is 31.5. The fourth-order valence-corrected chi connectivity index (χ4v) is 2.81. The molecule has 140 valence electrons. The maximum Gasteiger partial charge on any atom is 0.258 e. The molecule has 2 aromatic carbocycles. The van der Waals surface area contributed by atoms with Crippen LogP contribution in [0, 0.1) is 11.3 Å². The summed E-state index contributed by atoms with van der Waals surface area (Å²) in [6.45, 7) is 2.47. The molecule has 0 aliphatic carbocycles. The first kappa shape index (κ1) is 19.3. The maximum atomic E-state index is 12.5. The summed E-state index contributed by atoms with van der Waals surface area (Å²) in [7, 11) is 0. The molecule has 0 amide bonds. The van der Waals surface area contributed by atoms with Crippen LogP contribution in [0.3, 0.4) is 0 Å². The van der Waals surface area contributed by atoms with Gasteiger partial charge in [-0.15, -0.1) is 0 Å². The Balaban J connectivity index is 1.86. The first-order chi connectivity index (χ1) is 13.5. The molecule has 1 heterocycles. The van der Waals surface area contributed by atoms with Gasteiger partial charge in [0.2, 0.25) is 0 Å². The molecule has 7 heteroatoms. The maximum absolute atomic E-state index is 12.5. The van der Waals surface area contributed by atoms with E-state index in [1.807, 2.05) is 13.0 Å². The Labute approximate surface area is 166 Å². The van der Waals surface area contributed by atoms with Crippen molar-refractivity contribution in [1.29, 1.82) is 5.26 Å². The molecule has 6 nitrogen and oxygen atoms in total. The number of H-pyrrole nitrogens is 1. The Kier molecular flexibility index (Phi) is 5.87. The average Bonchev–Trinajstić information content (AvgIpc) is 2.68. The number of fused-ring (bicyclic) bond motifs is 1. The number of ether oxygens (including phenoxy) is 1. The van der Waals surface area contributed by atoms with Gasteiger partial charge < -0.3 is 9.72 Å². The fraction of sp³-hybridized carbons (Fsp3) is 0.143. The third-order valence-electron chi connectivity index (χ3n) is 4.01. The lowest BCUT2D eigenvalue weighted by Crippen LogP contribution is -2.18. The zero-order chi connectivity index (χ0) is 20.1. The largest absolute Gasteiger partial charge is 0.494 e. The van der Waals surface area contributed by atoms with Gasteiger partial charge >= 0.3 is 0 Å². The first-order valence-electron chi connectivity index (χ1n) is 8.55. The third kappa shape index (κ3) is 4.27. The van der Waals surface area contributed by atoms with Crippen molar-refractivity contribution in [2.45, 2.75) is 12.8 Å². The lowest BCUT2D eigenvalue weighted by molar-refractivity contribution is -0.114. The van der Waals surface area contributed by atoms with E-state index >= 15 is 0 Å². The van der Waals surface area contributed by atoms with Crippen molar-refractivity contribution in [3.8, 4) is 11.8 Å². The predicted molar refractivity (Wildman–Crippen MR) is 107 cm³/mol. The number of halogens is 1. The summed E-state index contributed by atoms with van der Waals surface area (Å²) in [5.74, 6) is -0.989. The smallest absolute Gasteiger partial charge is 0.258 e. The standard InChI is InChI=1S/C21H16ClN3O3/c1-2-28-15-7-3-13(4-8-15)5-10-19(26)17(12-23)20-24-18-11-14(22)6-9-16(18)21(27)25-20/h3-11,17H,2H2,1H3,(H,24,25,27)/b10-5+. The number of hydrogen-bond acceptors (Lipinski definition) is 5. The number of ketones is 1. The van der Waals surface area contributed by atoms with Crippen LogP contribution in [0.5, 0.6) is 5.75 Å². The van der Waals surface area contributed by atoms with Crippen LogP contribution in [0.2, 0.25) is 5.02 Å². The van der Waals surface area contributed by atoms with Gasteiger partial charge in [-0.2, -0.15) is 5.26 Å². The summed E-state index contributed by atoms with van der Waals surface area (Å²) in [5.41, 5.74) is 0.676. The number of benzene rings is 2. The van der Waals surface area contributed by atoms with Gasteiger partial charge in [0.1, 0.15) is 11.6 Å². The summed E-state index contributed by atoms with van der Waals surface area (Å²) in [6, 6.07) is 13.7. The van der Waals surface area contributed by atoms with Crippen LogP contribution >= 0.6 is 11.6 Å². The minimum Gasteiger partial charge on any atom is -0.494 e. The number of aromatic amines is 1. The lowest BCUT2D eigenvalue weighted by atomic mass is 10.0. The van der Waals surface area contributed by atoms with E-state index < -0.39 is 17.3 Å². The number of nitrogens with zero attached hydrogens (tertiary/aromatic N) is 2. The minimum atomic E-state index is -1.23. The zero-order valence-electron chi connectivity index (χ0n) is 15.0. The van der Waals surface area contributed by atoms with E-state index in [0.717, 1.165) is 11.3 Å². The van der Waals surface area contributed by atoms with Gasteiger partial charge in [-0.25, -0.2) is 4.98 Å². The number of carbonyl (C=O) groups is 1. The molecule has 1 atom stereocenters. The van der Waals surface area contributed by atoms with Crippen LogP contribution in [0.15, 0.2) is 53.3 Å². The van der Waals surface area contributed by atoms with Gasteiger partial charge in [-0.05, 0) is 48.9 Å². The Morgan fingerprint density at radius 1 is 1.32 bits per heavy atom. The molecular weight excluding hydrogens is 378 g/mol. The van der Waals surface area contributed by atoms with E-state index in [9.17, 15) is 14.9 Å². The highest BCUT2D eigenvalue weighted by Gasteiger charge is 2.21. The van der Waals surface area contributed by atoms with Crippen molar-refractivity contribution in [2.24, 2.45) is 0 Å². The van der Waals surface area contributed by atoms with Crippen molar-refractivity contribution in [3.05, 3.63) is 75.3 Å². The molecule has 1 unspecified atom stereocenters. The SMILES string of the molecule is CCOc1ccc(/C=C/C(=O)C(C#N)c2nc3cc(Cl)ccc3c(=O)[nH]2)cc1. The molecule has 0 saturated heterocycles. The number of rotatable bonds is 6. The van der Waals surface area contributed by atoms with Crippen LogP contribution in [-0.4, -0.2) is 22.4 Å². The Bertz CT molecular complexity index is 1140. The van der Waals surface area contributed by atoms with Crippen LogP contribution in [0.25, 0.3) is 17.0 Å². The average molecular weight is 394 g/mol. The van der Waals surface area contributed by atoms with Crippen LogP contribution in [0.1, 0.15) is 24.2 Å². The van der Waals surface area contributed by atoms with Gasteiger partial charge in [0.25, 0.3) is 5.56 Å². The van der Waals surface area contributed by atoms with E-state index in [1.165, 1.54) is 12.1 Å². The molecule has 0 bridgehead atoms. The zero-order valence-corrected chi connectivity index (χ0v) is 15.7. The molecule has 0 saturated carbocycles. The number of nitrogens with one attached hydrogen (secondary N) is 1. The van der Waals surface area contributed by atoms with Gasteiger partial charge in [0.15, 0.2) is 11.7 Å². The molecule has 28 heavy (non-hydrogen) atoms. The highest BCUT2D eigenvalue weighted by molar-refractivity contribution is 6.31. The van der Waals surface area contributed by atoms with Crippen molar-refractivity contribution in [3.63, 3.8) is 0 Å². The summed E-state index contributed by atoms with van der Waals surface area (Å²) in [6.07, 6.45) is 2.89. The summed E-state index contributed by atoms with van der Waals surface area (Å²) < 4.78 is 5.37. The van der Waals surface area contributed by atoms with E-state index in [-0.39, 0.29) is 5.82 Å². The number of nitriles is 1. The fourth-order valence-electron chi connectivity index (χ4n) is 2.64. The van der Waals surface area contributed by atoms with E-state index in [4.69, 9.17) is 16.3 Å². The lowest BCUT2D eigenvalue weighted by Gasteiger charge is -2.07. The second-order valence-corrected chi connectivity index (χ2v) is 6.35. The van der Waals surface area contributed by atoms with Crippen molar-refractivity contribution >= 4 is 34.4 Å². The van der Waals surface area contributed by atoms with Gasteiger partial charge in [-0.1, -0.05) is 29.8 Å². The topological polar surface area (TPSA) is 95.8 Å². The molecule has 3 rings (SSSR count). The molecule has 1 N–H and O–H groups in total. The Morgan fingerprint density at radius 2 is 2.07 bits per heavy atom. The van der Waals surface area contributed by atoms with Gasteiger partial charge in [-0.3, -0.25) is 9.59 Å². The predicted octanol–water partition coefficient (Wildman–Crippen LogP) is 3.86. The number of hydrogen-bond donors (Lipinski definition) is 1. The van der Waals surface area contributed by atoms with Crippen LogP contribution < -0.4 is 10.3 Å². The highest BCUT2D eigenvalue weighted by atomic mass is 35.5. The monoisotopic (exact) mass is 393 g/mol. The molecule has 0 radical (unpaired) electrons. The number of carbonyl (C=O) groups excluding carboxylic acids is 1. The van der Waals surface area contributed by atoms with Crippen molar-refractivity contribution < 1.29 is 9.53 Å². The molecule has 3 aromatic rings. The minimum absolute atomic E-state index is 0.0105. The first-order valence-corrected chi connectivity index (χ1v) is 8.93. The summed E-state index contributed by atoms with van der Waals surface area (Å²) >= 11 is 5.94. The third-order valence-corrected chi connectivity index (χ3v) is 4.24.